The van der Waals surface area contributed by atoms with Crippen molar-refractivity contribution in [2.45, 2.75) is 13.1 Å². The highest BCUT2D eigenvalue weighted by molar-refractivity contribution is 6.35. The van der Waals surface area contributed by atoms with Gasteiger partial charge in [0, 0.05) is 28.7 Å². The van der Waals surface area contributed by atoms with Gasteiger partial charge in [0.25, 0.3) is 0 Å². The lowest BCUT2D eigenvalue weighted by Crippen LogP contribution is -2.13. The molecule has 1 heterocycles. The smallest absolute Gasteiger partial charge is 0.231 e. The first-order valence-electron chi connectivity index (χ1n) is 6.26. The number of rotatable bonds is 4. The van der Waals surface area contributed by atoms with Gasteiger partial charge in [-0.05, 0) is 29.8 Å². The Morgan fingerprint density at radius 1 is 0.952 bits per heavy atom. The normalized spacial score (nSPS) is 12.1. The SMILES string of the molecule is Cl.Clc1cccc(Cl)c1CNCc1ccc2c(c1)OCO2. The minimum absolute atomic E-state index is 0. The lowest BCUT2D eigenvalue weighted by molar-refractivity contribution is 0.174. The largest absolute Gasteiger partial charge is 0.454 e. The van der Waals surface area contributed by atoms with Gasteiger partial charge in [-0.25, -0.2) is 0 Å². The molecule has 2 aromatic carbocycles. The summed E-state index contributed by atoms with van der Waals surface area (Å²) in [4.78, 5) is 0. The number of halogens is 3. The molecule has 0 aromatic heterocycles. The maximum atomic E-state index is 6.13. The molecule has 1 aliphatic heterocycles. The molecule has 6 heteroatoms. The standard InChI is InChI=1S/C15H13Cl2NO2.ClH/c16-12-2-1-3-13(17)11(12)8-18-7-10-4-5-14-15(6-10)20-9-19-14;/h1-6,18H,7-9H2;1H. The first kappa shape index (κ1) is 16.2. The van der Waals surface area contributed by atoms with Gasteiger partial charge in [0.2, 0.25) is 6.79 Å². The third-order valence-electron chi connectivity index (χ3n) is 3.13. The minimum Gasteiger partial charge on any atom is -0.454 e. The molecule has 0 bridgehead atoms. The zero-order chi connectivity index (χ0) is 13.9. The number of benzene rings is 2. The molecule has 21 heavy (non-hydrogen) atoms. The third kappa shape index (κ3) is 3.74. The van der Waals surface area contributed by atoms with Crippen molar-refractivity contribution >= 4 is 35.6 Å². The molecule has 0 aliphatic carbocycles. The van der Waals surface area contributed by atoms with Crippen LogP contribution < -0.4 is 14.8 Å². The van der Waals surface area contributed by atoms with Crippen molar-refractivity contribution in [3.05, 3.63) is 57.6 Å². The van der Waals surface area contributed by atoms with Gasteiger partial charge >= 0.3 is 0 Å². The van der Waals surface area contributed by atoms with Crippen LogP contribution in [0.25, 0.3) is 0 Å². The molecule has 0 saturated carbocycles. The summed E-state index contributed by atoms with van der Waals surface area (Å²) in [7, 11) is 0. The minimum atomic E-state index is 0. The zero-order valence-corrected chi connectivity index (χ0v) is 13.4. The number of nitrogens with one attached hydrogen (secondary N) is 1. The Kier molecular flexibility index (Phi) is 5.59. The van der Waals surface area contributed by atoms with Crippen LogP contribution in [0, 0.1) is 0 Å². The van der Waals surface area contributed by atoms with E-state index in [2.05, 4.69) is 5.32 Å². The zero-order valence-electron chi connectivity index (χ0n) is 11.1. The van der Waals surface area contributed by atoms with Crippen LogP contribution in [-0.4, -0.2) is 6.79 Å². The van der Waals surface area contributed by atoms with Crippen LogP contribution in [0.3, 0.4) is 0 Å². The van der Waals surface area contributed by atoms with Crippen molar-refractivity contribution in [1.29, 1.82) is 0 Å². The van der Waals surface area contributed by atoms with Crippen LogP contribution in [-0.2, 0) is 13.1 Å². The van der Waals surface area contributed by atoms with E-state index in [-0.39, 0.29) is 12.4 Å². The van der Waals surface area contributed by atoms with Gasteiger partial charge in [0.15, 0.2) is 11.5 Å². The van der Waals surface area contributed by atoms with E-state index in [0.29, 0.717) is 29.9 Å². The number of ether oxygens (including phenoxy) is 2. The van der Waals surface area contributed by atoms with Gasteiger partial charge in [-0.2, -0.15) is 0 Å². The predicted octanol–water partition coefficient (Wildman–Crippen LogP) is 4.43. The monoisotopic (exact) mass is 345 g/mol. The molecule has 3 rings (SSSR count). The van der Waals surface area contributed by atoms with E-state index in [1.807, 2.05) is 36.4 Å². The van der Waals surface area contributed by atoms with Crippen molar-refractivity contribution in [2.75, 3.05) is 6.79 Å². The highest BCUT2D eigenvalue weighted by Gasteiger charge is 2.13. The summed E-state index contributed by atoms with van der Waals surface area (Å²) in [6.07, 6.45) is 0. The molecular weight excluding hydrogens is 333 g/mol. The van der Waals surface area contributed by atoms with Gasteiger partial charge in [0.05, 0.1) is 0 Å². The maximum absolute atomic E-state index is 6.13. The van der Waals surface area contributed by atoms with Crippen LogP contribution in [0.1, 0.15) is 11.1 Å². The molecule has 1 aliphatic rings. The van der Waals surface area contributed by atoms with E-state index in [4.69, 9.17) is 32.7 Å². The highest BCUT2D eigenvalue weighted by Crippen LogP contribution is 2.32. The van der Waals surface area contributed by atoms with Crippen molar-refractivity contribution < 1.29 is 9.47 Å². The first-order chi connectivity index (χ1) is 9.74. The van der Waals surface area contributed by atoms with Crippen LogP contribution in [0.4, 0.5) is 0 Å². The summed E-state index contributed by atoms with van der Waals surface area (Å²) >= 11 is 12.3. The Morgan fingerprint density at radius 2 is 1.67 bits per heavy atom. The molecule has 0 spiro atoms. The molecule has 0 amide bonds. The molecule has 2 aromatic rings. The van der Waals surface area contributed by atoms with E-state index in [0.717, 1.165) is 22.6 Å². The Bertz CT molecular complexity index is 614. The first-order valence-corrected chi connectivity index (χ1v) is 7.02. The van der Waals surface area contributed by atoms with E-state index in [9.17, 15) is 0 Å². The van der Waals surface area contributed by atoms with Crippen molar-refractivity contribution in [3.63, 3.8) is 0 Å². The molecule has 1 N–H and O–H groups in total. The molecule has 0 atom stereocenters. The lowest BCUT2D eigenvalue weighted by atomic mass is 10.2. The van der Waals surface area contributed by atoms with Crippen LogP contribution in [0.5, 0.6) is 11.5 Å². The Balaban J connectivity index is 0.00000161. The molecule has 3 nitrogen and oxygen atoms in total. The maximum Gasteiger partial charge on any atom is 0.231 e. The van der Waals surface area contributed by atoms with Crippen LogP contribution >= 0.6 is 35.6 Å². The van der Waals surface area contributed by atoms with E-state index < -0.39 is 0 Å². The van der Waals surface area contributed by atoms with Crippen molar-refractivity contribution in [3.8, 4) is 11.5 Å². The highest BCUT2D eigenvalue weighted by atomic mass is 35.5. The van der Waals surface area contributed by atoms with Gasteiger partial charge in [-0.1, -0.05) is 35.3 Å². The molecule has 112 valence electrons. The number of hydrogen-bond acceptors (Lipinski definition) is 3. The fourth-order valence-corrected chi connectivity index (χ4v) is 2.62. The van der Waals surface area contributed by atoms with Gasteiger partial charge in [0.1, 0.15) is 0 Å². The van der Waals surface area contributed by atoms with E-state index in [1.165, 1.54) is 0 Å². The van der Waals surface area contributed by atoms with Crippen molar-refractivity contribution in [1.82, 2.24) is 5.32 Å². The number of fused-ring (bicyclic) bond motifs is 1. The van der Waals surface area contributed by atoms with E-state index >= 15 is 0 Å². The summed E-state index contributed by atoms with van der Waals surface area (Å²) in [6.45, 7) is 1.62. The lowest BCUT2D eigenvalue weighted by Gasteiger charge is -2.09. The second kappa shape index (κ2) is 7.23. The molecule has 0 unspecified atom stereocenters. The number of hydrogen-bond donors (Lipinski definition) is 1. The average Bonchev–Trinajstić information content (AvgIpc) is 2.89. The predicted molar refractivity (Wildman–Crippen MR) is 86.8 cm³/mol. The molecule has 0 saturated heterocycles. The summed E-state index contributed by atoms with van der Waals surface area (Å²) in [5.74, 6) is 1.59. The summed E-state index contributed by atoms with van der Waals surface area (Å²) in [5.41, 5.74) is 2.04. The topological polar surface area (TPSA) is 30.5 Å². The summed E-state index contributed by atoms with van der Waals surface area (Å²) in [6, 6.07) is 11.4. The van der Waals surface area contributed by atoms with Crippen LogP contribution in [0.15, 0.2) is 36.4 Å². The molecule has 0 radical (unpaired) electrons. The van der Waals surface area contributed by atoms with E-state index in [1.54, 1.807) is 0 Å². The summed E-state index contributed by atoms with van der Waals surface area (Å²) < 4.78 is 10.6. The second-order valence-electron chi connectivity index (χ2n) is 4.49. The van der Waals surface area contributed by atoms with Crippen molar-refractivity contribution in [2.24, 2.45) is 0 Å². The van der Waals surface area contributed by atoms with Crippen LogP contribution in [0.2, 0.25) is 10.0 Å². The fourth-order valence-electron chi connectivity index (χ4n) is 2.08. The second-order valence-corrected chi connectivity index (χ2v) is 5.31. The molecular formula is C15H14Cl3NO2. The Labute approximate surface area is 139 Å². The van der Waals surface area contributed by atoms with Gasteiger partial charge in [-0.15, -0.1) is 12.4 Å². The average molecular weight is 347 g/mol. The molecule has 0 fully saturated rings. The summed E-state index contributed by atoms with van der Waals surface area (Å²) in [5, 5.41) is 4.68. The third-order valence-corrected chi connectivity index (χ3v) is 3.84. The quantitative estimate of drug-likeness (QED) is 0.888. The van der Waals surface area contributed by atoms with Gasteiger partial charge in [-0.3, -0.25) is 0 Å². The fraction of sp³-hybridized carbons (Fsp3) is 0.200. The van der Waals surface area contributed by atoms with Gasteiger partial charge < -0.3 is 14.8 Å². The Hall–Kier alpha value is -1.13. The Morgan fingerprint density at radius 3 is 2.43 bits per heavy atom.